The van der Waals surface area contributed by atoms with Crippen LogP contribution in [0.1, 0.15) is 36.5 Å². The molecule has 1 unspecified atom stereocenters. The van der Waals surface area contributed by atoms with Gasteiger partial charge in [-0.15, -0.1) is 0 Å². The van der Waals surface area contributed by atoms with E-state index in [0.717, 1.165) is 25.9 Å². The number of aliphatic hydroxyl groups excluding tert-OH is 1. The fraction of sp³-hybridized carbons (Fsp3) is 0.571. The van der Waals surface area contributed by atoms with Crippen LogP contribution in [0.5, 0.6) is 0 Å². The highest BCUT2D eigenvalue weighted by Gasteiger charge is 1.99. The Morgan fingerprint density at radius 3 is 2.75 bits per heavy atom. The summed E-state index contributed by atoms with van der Waals surface area (Å²) in [5.74, 6) is 0. The molecule has 2 nitrogen and oxygen atoms in total. The van der Waals surface area contributed by atoms with Gasteiger partial charge in [-0.05, 0) is 51.3 Å². The SMILES string of the molecule is Cc1ccc(C)c(CNCCCC(C)O)c1. The first-order valence-corrected chi connectivity index (χ1v) is 6.04. The van der Waals surface area contributed by atoms with Crippen molar-refractivity contribution < 1.29 is 5.11 Å². The molecule has 0 aliphatic carbocycles. The van der Waals surface area contributed by atoms with E-state index in [2.05, 4.69) is 37.4 Å². The molecule has 1 aromatic carbocycles. The maximum absolute atomic E-state index is 9.12. The van der Waals surface area contributed by atoms with Crippen LogP contribution in [0.25, 0.3) is 0 Å². The quantitative estimate of drug-likeness (QED) is 0.724. The van der Waals surface area contributed by atoms with Gasteiger partial charge in [0.1, 0.15) is 0 Å². The summed E-state index contributed by atoms with van der Waals surface area (Å²) in [6.07, 6.45) is 1.73. The van der Waals surface area contributed by atoms with E-state index in [0.29, 0.717) is 0 Å². The molecular weight excluding hydrogens is 198 g/mol. The molecule has 0 bridgehead atoms. The number of hydrogen-bond acceptors (Lipinski definition) is 2. The van der Waals surface area contributed by atoms with Crippen LogP contribution in [-0.4, -0.2) is 17.8 Å². The van der Waals surface area contributed by atoms with Crippen molar-refractivity contribution in [3.63, 3.8) is 0 Å². The van der Waals surface area contributed by atoms with E-state index in [-0.39, 0.29) is 6.10 Å². The second-order valence-electron chi connectivity index (χ2n) is 4.60. The molecule has 90 valence electrons. The molecule has 0 aliphatic heterocycles. The summed E-state index contributed by atoms with van der Waals surface area (Å²) in [6, 6.07) is 6.55. The van der Waals surface area contributed by atoms with Crippen LogP contribution in [0.15, 0.2) is 18.2 Å². The summed E-state index contributed by atoms with van der Waals surface area (Å²) in [5.41, 5.74) is 4.03. The molecule has 0 aromatic heterocycles. The van der Waals surface area contributed by atoms with E-state index in [1.807, 2.05) is 6.92 Å². The molecule has 2 heteroatoms. The molecule has 16 heavy (non-hydrogen) atoms. The predicted octanol–water partition coefficient (Wildman–Crippen LogP) is 2.55. The van der Waals surface area contributed by atoms with E-state index in [9.17, 15) is 0 Å². The van der Waals surface area contributed by atoms with Gasteiger partial charge in [0.15, 0.2) is 0 Å². The molecular formula is C14H23NO. The molecule has 1 rings (SSSR count). The van der Waals surface area contributed by atoms with Gasteiger partial charge in [0, 0.05) is 6.54 Å². The van der Waals surface area contributed by atoms with Gasteiger partial charge < -0.3 is 10.4 Å². The summed E-state index contributed by atoms with van der Waals surface area (Å²) in [4.78, 5) is 0. The standard InChI is InChI=1S/C14H23NO/c1-11-6-7-12(2)14(9-11)10-15-8-4-5-13(3)16/h6-7,9,13,15-16H,4-5,8,10H2,1-3H3. The van der Waals surface area contributed by atoms with Crippen molar-refractivity contribution in [3.05, 3.63) is 34.9 Å². The monoisotopic (exact) mass is 221 g/mol. The molecule has 0 spiro atoms. The maximum atomic E-state index is 9.12. The normalized spacial score (nSPS) is 12.8. The number of aryl methyl sites for hydroxylation is 2. The highest BCUT2D eigenvalue weighted by molar-refractivity contribution is 5.30. The first-order valence-electron chi connectivity index (χ1n) is 6.04. The van der Waals surface area contributed by atoms with Gasteiger partial charge in [-0.3, -0.25) is 0 Å². The van der Waals surface area contributed by atoms with Crippen LogP contribution in [0.2, 0.25) is 0 Å². The van der Waals surface area contributed by atoms with Crippen molar-refractivity contribution in [2.45, 2.75) is 46.3 Å². The Morgan fingerprint density at radius 2 is 2.06 bits per heavy atom. The van der Waals surface area contributed by atoms with Crippen molar-refractivity contribution in [2.75, 3.05) is 6.54 Å². The van der Waals surface area contributed by atoms with Crippen LogP contribution in [0, 0.1) is 13.8 Å². The van der Waals surface area contributed by atoms with E-state index in [4.69, 9.17) is 5.11 Å². The fourth-order valence-corrected chi connectivity index (χ4v) is 1.74. The predicted molar refractivity (Wildman–Crippen MR) is 68.5 cm³/mol. The van der Waals surface area contributed by atoms with Crippen molar-refractivity contribution >= 4 is 0 Å². The third kappa shape index (κ3) is 4.77. The molecule has 2 N–H and O–H groups in total. The van der Waals surface area contributed by atoms with Crippen LogP contribution < -0.4 is 5.32 Å². The zero-order chi connectivity index (χ0) is 12.0. The zero-order valence-electron chi connectivity index (χ0n) is 10.6. The lowest BCUT2D eigenvalue weighted by molar-refractivity contribution is 0.181. The van der Waals surface area contributed by atoms with Crippen molar-refractivity contribution in [2.24, 2.45) is 0 Å². The van der Waals surface area contributed by atoms with Gasteiger partial charge in [0.2, 0.25) is 0 Å². The Balaban J connectivity index is 2.29. The van der Waals surface area contributed by atoms with Gasteiger partial charge in [-0.1, -0.05) is 23.8 Å². The molecule has 0 saturated carbocycles. The molecule has 0 heterocycles. The minimum Gasteiger partial charge on any atom is -0.393 e. The van der Waals surface area contributed by atoms with Crippen LogP contribution in [0.3, 0.4) is 0 Å². The van der Waals surface area contributed by atoms with Crippen molar-refractivity contribution in [3.8, 4) is 0 Å². The number of aliphatic hydroxyl groups is 1. The minimum absolute atomic E-state index is 0.178. The highest BCUT2D eigenvalue weighted by atomic mass is 16.3. The average Bonchev–Trinajstić information content (AvgIpc) is 2.22. The Morgan fingerprint density at radius 1 is 1.31 bits per heavy atom. The number of nitrogens with one attached hydrogen (secondary N) is 1. The maximum Gasteiger partial charge on any atom is 0.0512 e. The van der Waals surface area contributed by atoms with Crippen molar-refractivity contribution in [1.82, 2.24) is 5.32 Å². The summed E-state index contributed by atoms with van der Waals surface area (Å²) in [5, 5.41) is 12.5. The lowest BCUT2D eigenvalue weighted by atomic mass is 10.1. The van der Waals surface area contributed by atoms with E-state index in [1.165, 1.54) is 16.7 Å². The van der Waals surface area contributed by atoms with Crippen LogP contribution in [0.4, 0.5) is 0 Å². The minimum atomic E-state index is -0.178. The van der Waals surface area contributed by atoms with Gasteiger partial charge in [0.25, 0.3) is 0 Å². The summed E-state index contributed by atoms with van der Waals surface area (Å²) >= 11 is 0. The lowest BCUT2D eigenvalue weighted by Crippen LogP contribution is -2.16. The second kappa shape index (κ2) is 6.66. The average molecular weight is 221 g/mol. The molecule has 1 atom stereocenters. The van der Waals surface area contributed by atoms with E-state index < -0.39 is 0 Å². The topological polar surface area (TPSA) is 32.3 Å². The Labute approximate surface area is 98.7 Å². The third-order valence-electron chi connectivity index (χ3n) is 2.80. The van der Waals surface area contributed by atoms with Crippen molar-refractivity contribution in [1.29, 1.82) is 0 Å². The Hall–Kier alpha value is -0.860. The van der Waals surface area contributed by atoms with E-state index >= 15 is 0 Å². The second-order valence-corrected chi connectivity index (χ2v) is 4.60. The highest BCUT2D eigenvalue weighted by Crippen LogP contribution is 2.10. The molecule has 0 amide bonds. The van der Waals surface area contributed by atoms with Gasteiger partial charge in [-0.25, -0.2) is 0 Å². The Bertz CT molecular complexity index is 321. The van der Waals surface area contributed by atoms with Gasteiger partial charge in [0.05, 0.1) is 6.10 Å². The molecule has 0 radical (unpaired) electrons. The molecule has 0 fully saturated rings. The lowest BCUT2D eigenvalue weighted by Gasteiger charge is -2.09. The molecule has 0 aliphatic rings. The Kier molecular flexibility index (Phi) is 5.50. The van der Waals surface area contributed by atoms with Crippen LogP contribution in [-0.2, 0) is 6.54 Å². The molecule has 0 saturated heterocycles. The number of rotatable bonds is 6. The zero-order valence-corrected chi connectivity index (χ0v) is 10.6. The van der Waals surface area contributed by atoms with Gasteiger partial charge in [-0.2, -0.15) is 0 Å². The summed E-state index contributed by atoms with van der Waals surface area (Å²) in [7, 11) is 0. The largest absolute Gasteiger partial charge is 0.393 e. The van der Waals surface area contributed by atoms with Gasteiger partial charge >= 0.3 is 0 Å². The van der Waals surface area contributed by atoms with E-state index in [1.54, 1.807) is 0 Å². The fourth-order valence-electron chi connectivity index (χ4n) is 1.74. The summed E-state index contributed by atoms with van der Waals surface area (Å²) in [6.45, 7) is 8.00. The first-order chi connectivity index (χ1) is 7.59. The smallest absolute Gasteiger partial charge is 0.0512 e. The summed E-state index contributed by atoms with van der Waals surface area (Å²) < 4.78 is 0. The number of benzene rings is 1. The third-order valence-corrected chi connectivity index (χ3v) is 2.80. The first kappa shape index (κ1) is 13.2. The number of hydrogen-bond donors (Lipinski definition) is 2. The molecule has 1 aromatic rings. The van der Waals surface area contributed by atoms with Crippen LogP contribution >= 0.6 is 0 Å².